The van der Waals surface area contributed by atoms with Crippen LogP contribution >= 0.6 is 15.9 Å². The standard InChI is InChI=1S/C10H12BrFN2O/c11-7-5-9(13)10(6-8(7)12)14-3-1-2-4-15-14/h5-6H,1-4,13H2. The number of hydrogen-bond donors (Lipinski definition) is 1. The molecule has 0 amide bonds. The van der Waals surface area contributed by atoms with E-state index in [9.17, 15) is 4.39 Å². The molecule has 0 aromatic heterocycles. The quantitative estimate of drug-likeness (QED) is 0.801. The summed E-state index contributed by atoms with van der Waals surface area (Å²) >= 11 is 3.09. The van der Waals surface area contributed by atoms with Crippen LogP contribution in [0.4, 0.5) is 15.8 Å². The van der Waals surface area contributed by atoms with Gasteiger partial charge in [0, 0.05) is 12.6 Å². The van der Waals surface area contributed by atoms with Crippen LogP contribution in [-0.2, 0) is 4.84 Å². The Kier molecular flexibility index (Phi) is 3.11. The number of rotatable bonds is 1. The van der Waals surface area contributed by atoms with Crippen LogP contribution in [0.25, 0.3) is 0 Å². The van der Waals surface area contributed by atoms with Gasteiger partial charge in [0.25, 0.3) is 0 Å². The van der Waals surface area contributed by atoms with Crippen LogP contribution in [-0.4, -0.2) is 13.2 Å². The zero-order chi connectivity index (χ0) is 10.8. The number of hydroxylamine groups is 1. The fraction of sp³-hybridized carbons (Fsp3) is 0.400. The molecule has 0 unspecified atom stereocenters. The normalized spacial score (nSPS) is 16.8. The molecule has 15 heavy (non-hydrogen) atoms. The van der Waals surface area contributed by atoms with Gasteiger partial charge in [0.1, 0.15) is 5.82 Å². The van der Waals surface area contributed by atoms with E-state index in [0.717, 1.165) is 19.4 Å². The van der Waals surface area contributed by atoms with Gasteiger partial charge in [-0.3, -0.25) is 9.90 Å². The van der Waals surface area contributed by atoms with Crippen molar-refractivity contribution in [2.75, 3.05) is 23.9 Å². The highest BCUT2D eigenvalue weighted by Crippen LogP contribution is 2.30. The second kappa shape index (κ2) is 4.37. The molecule has 2 N–H and O–H groups in total. The van der Waals surface area contributed by atoms with Gasteiger partial charge >= 0.3 is 0 Å². The van der Waals surface area contributed by atoms with E-state index in [0.29, 0.717) is 22.5 Å². The third-order valence-corrected chi connectivity index (χ3v) is 2.95. The minimum absolute atomic E-state index is 0.326. The van der Waals surface area contributed by atoms with Crippen molar-refractivity contribution in [2.24, 2.45) is 0 Å². The van der Waals surface area contributed by atoms with Crippen molar-refractivity contribution in [2.45, 2.75) is 12.8 Å². The average Bonchev–Trinajstić information content (AvgIpc) is 2.25. The molecule has 3 nitrogen and oxygen atoms in total. The fourth-order valence-electron chi connectivity index (χ4n) is 1.55. The van der Waals surface area contributed by atoms with Crippen molar-refractivity contribution in [3.05, 3.63) is 22.4 Å². The first-order valence-electron chi connectivity index (χ1n) is 4.83. The van der Waals surface area contributed by atoms with E-state index in [4.69, 9.17) is 10.6 Å². The highest BCUT2D eigenvalue weighted by Gasteiger charge is 2.16. The number of hydrogen-bond acceptors (Lipinski definition) is 3. The van der Waals surface area contributed by atoms with Crippen LogP contribution in [0.15, 0.2) is 16.6 Å². The molecule has 0 bridgehead atoms. The smallest absolute Gasteiger partial charge is 0.139 e. The summed E-state index contributed by atoms with van der Waals surface area (Å²) in [7, 11) is 0. The number of nitrogens with two attached hydrogens (primary N) is 1. The van der Waals surface area contributed by atoms with Gasteiger partial charge in [0.2, 0.25) is 0 Å². The number of nitrogens with zero attached hydrogens (tertiary/aromatic N) is 1. The lowest BCUT2D eigenvalue weighted by molar-refractivity contribution is 0.0780. The van der Waals surface area contributed by atoms with Gasteiger partial charge in [-0.05, 0) is 34.8 Å². The molecule has 1 aromatic carbocycles. The van der Waals surface area contributed by atoms with Crippen molar-refractivity contribution < 1.29 is 9.23 Å². The molecule has 1 saturated heterocycles. The largest absolute Gasteiger partial charge is 0.397 e. The summed E-state index contributed by atoms with van der Waals surface area (Å²) in [5.74, 6) is -0.326. The van der Waals surface area contributed by atoms with E-state index in [2.05, 4.69) is 15.9 Å². The molecule has 0 saturated carbocycles. The van der Waals surface area contributed by atoms with Gasteiger partial charge in [0.15, 0.2) is 0 Å². The zero-order valence-corrected chi connectivity index (χ0v) is 9.76. The van der Waals surface area contributed by atoms with E-state index in [1.165, 1.54) is 6.07 Å². The predicted molar refractivity (Wildman–Crippen MR) is 61.0 cm³/mol. The highest BCUT2D eigenvalue weighted by molar-refractivity contribution is 9.10. The van der Waals surface area contributed by atoms with Crippen LogP contribution in [0.5, 0.6) is 0 Å². The Labute approximate surface area is 96.1 Å². The third kappa shape index (κ3) is 2.23. The Bertz CT molecular complexity index is 367. The first-order valence-corrected chi connectivity index (χ1v) is 5.63. The lowest BCUT2D eigenvalue weighted by Gasteiger charge is -2.28. The SMILES string of the molecule is Nc1cc(Br)c(F)cc1N1CCCCO1. The molecule has 1 aromatic rings. The lowest BCUT2D eigenvalue weighted by atomic mass is 10.2. The molecule has 1 aliphatic rings. The Morgan fingerprint density at radius 2 is 2.20 bits per heavy atom. The summed E-state index contributed by atoms with van der Waals surface area (Å²) in [6, 6.07) is 2.95. The molecule has 0 atom stereocenters. The molecule has 5 heteroatoms. The van der Waals surface area contributed by atoms with Crippen molar-refractivity contribution in [1.82, 2.24) is 0 Å². The van der Waals surface area contributed by atoms with E-state index in [-0.39, 0.29) is 5.82 Å². The first-order chi connectivity index (χ1) is 7.18. The van der Waals surface area contributed by atoms with Crippen LogP contribution < -0.4 is 10.8 Å². The molecule has 0 aliphatic carbocycles. The maximum atomic E-state index is 13.3. The van der Waals surface area contributed by atoms with Crippen molar-refractivity contribution in [1.29, 1.82) is 0 Å². The van der Waals surface area contributed by atoms with E-state index in [1.807, 2.05) is 0 Å². The summed E-state index contributed by atoms with van der Waals surface area (Å²) in [4.78, 5) is 5.41. The van der Waals surface area contributed by atoms with Crippen molar-refractivity contribution in [3.63, 3.8) is 0 Å². The van der Waals surface area contributed by atoms with Crippen molar-refractivity contribution >= 4 is 27.3 Å². The molecule has 1 heterocycles. The minimum atomic E-state index is -0.326. The molecule has 0 radical (unpaired) electrons. The Morgan fingerprint density at radius 1 is 1.40 bits per heavy atom. The monoisotopic (exact) mass is 274 g/mol. The third-order valence-electron chi connectivity index (χ3n) is 2.34. The summed E-state index contributed by atoms with van der Waals surface area (Å²) in [6.45, 7) is 1.42. The molecule has 82 valence electrons. The summed E-state index contributed by atoms with van der Waals surface area (Å²) < 4.78 is 13.7. The summed E-state index contributed by atoms with van der Waals surface area (Å²) in [5.41, 5.74) is 6.93. The lowest BCUT2D eigenvalue weighted by Crippen LogP contribution is -2.30. The second-order valence-corrected chi connectivity index (χ2v) is 4.32. The van der Waals surface area contributed by atoms with E-state index < -0.39 is 0 Å². The first kappa shape index (κ1) is 10.7. The van der Waals surface area contributed by atoms with Crippen LogP contribution in [0.2, 0.25) is 0 Å². The molecular formula is C10H12BrFN2O. The predicted octanol–water partition coefficient (Wildman–Crippen LogP) is 2.70. The van der Waals surface area contributed by atoms with E-state index in [1.54, 1.807) is 11.1 Å². The van der Waals surface area contributed by atoms with E-state index >= 15 is 0 Å². The molecule has 1 aliphatic heterocycles. The number of nitrogen functional groups attached to an aromatic ring is 1. The summed E-state index contributed by atoms with van der Waals surface area (Å²) in [6.07, 6.45) is 2.08. The van der Waals surface area contributed by atoms with Gasteiger partial charge in [-0.2, -0.15) is 0 Å². The maximum Gasteiger partial charge on any atom is 0.139 e. The number of benzene rings is 1. The van der Waals surface area contributed by atoms with Gasteiger partial charge in [-0.25, -0.2) is 4.39 Å². The topological polar surface area (TPSA) is 38.5 Å². The maximum absolute atomic E-state index is 13.3. The van der Waals surface area contributed by atoms with Gasteiger partial charge in [0.05, 0.1) is 22.5 Å². The second-order valence-electron chi connectivity index (χ2n) is 3.47. The van der Waals surface area contributed by atoms with Crippen molar-refractivity contribution in [3.8, 4) is 0 Å². The number of anilines is 2. The Morgan fingerprint density at radius 3 is 2.87 bits per heavy atom. The number of halogens is 2. The molecule has 2 rings (SSSR count). The average molecular weight is 275 g/mol. The molecule has 0 spiro atoms. The van der Waals surface area contributed by atoms with Crippen LogP contribution in [0.3, 0.4) is 0 Å². The fourth-order valence-corrected chi connectivity index (χ4v) is 1.92. The van der Waals surface area contributed by atoms with Gasteiger partial charge in [-0.1, -0.05) is 0 Å². The van der Waals surface area contributed by atoms with Crippen LogP contribution in [0.1, 0.15) is 12.8 Å². The van der Waals surface area contributed by atoms with Crippen LogP contribution in [0, 0.1) is 5.82 Å². The minimum Gasteiger partial charge on any atom is -0.397 e. The molecule has 1 fully saturated rings. The Balaban J connectivity index is 2.30. The van der Waals surface area contributed by atoms with Gasteiger partial charge < -0.3 is 5.73 Å². The molecular weight excluding hydrogens is 263 g/mol. The summed E-state index contributed by atoms with van der Waals surface area (Å²) in [5, 5.41) is 1.66. The zero-order valence-electron chi connectivity index (χ0n) is 8.17. The Hall–Kier alpha value is -0.810. The highest BCUT2D eigenvalue weighted by atomic mass is 79.9. The van der Waals surface area contributed by atoms with Gasteiger partial charge in [-0.15, -0.1) is 0 Å².